The lowest BCUT2D eigenvalue weighted by Crippen LogP contribution is -2.38. The third-order valence-corrected chi connectivity index (χ3v) is 2.86. The van der Waals surface area contributed by atoms with Crippen molar-refractivity contribution in [2.45, 2.75) is 33.2 Å². The van der Waals surface area contributed by atoms with Crippen LogP contribution in [0.5, 0.6) is 0 Å². The maximum Gasteiger partial charge on any atom is 0.257 e. The fraction of sp³-hybridized carbons (Fsp3) is 0.571. The smallest absolute Gasteiger partial charge is 0.257 e. The number of aromatic nitrogens is 1. The molecule has 19 heavy (non-hydrogen) atoms. The minimum Gasteiger partial charge on any atom is -0.396 e. The quantitative estimate of drug-likeness (QED) is 0.788. The normalized spacial score (nSPS) is 10.6. The van der Waals surface area contributed by atoms with Gasteiger partial charge in [-0.15, -0.1) is 0 Å². The number of pyridine rings is 1. The SMILES string of the molecule is CCNc1ccncc1C(=O)N(CCCO)C(C)C. The van der Waals surface area contributed by atoms with E-state index in [9.17, 15) is 4.79 Å². The van der Waals surface area contributed by atoms with Crippen molar-refractivity contribution in [3.63, 3.8) is 0 Å². The number of nitrogens with one attached hydrogen (secondary N) is 1. The number of aliphatic hydroxyl groups excluding tert-OH is 1. The summed E-state index contributed by atoms with van der Waals surface area (Å²) >= 11 is 0. The van der Waals surface area contributed by atoms with Crippen LogP contribution in [0.1, 0.15) is 37.6 Å². The van der Waals surface area contributed by atoms with Gasteiger partial charge >= 0.3 is 0 Å². The molecule has 0 fully saturated rings. The molecule has 1 amide bonds. The maximum atomic E-state index is 12.6. The summed E-state index contributed by atoms with van der Waals surface area (Å²) in [5.74, 6) is -0.0486. The lowest BCUT2D eigenvalue weighted by molar-refractivity contribution is 0.0693. The average molecular weight is 265 g/mol. The van der Waals surface area contributed by atoms with Gasteiger partial charge in [0.1, 0.15) is 0 Å². The number of hydrogen-bond donors (Lipinski definition) is 2. The lowest BCUT2D eigenvalue weighted by Gasteiger charge is -2.27. The summed E-state index contributed by atoms with van der Waals surface area (Å²) in [4.78, 5) is 18.3. The number of amides is 1. The van der Waals surface area contributed by atoms with Gasteiger partial charge in [-0.3, -0.25) is 9.78 Å². The van der Waals surface area contributed by atoms with E-state index in [4.69, 9.17) is 5.11 Å². The zero-order chi connectivity index (χ0) is 14.3. The molecule has 0 saturated heterocycles. The summed E-state index contributed by atoms with van der Waals surface area (Å²) in [6, 6.07) is 1.90. The first-order valence-corrected chi connectivity index (χ1v) is 6.71. The van der Waals surface area contributed by atoms with Crippen molar-refractivity contribution >= 4 is 11.6 Å². The van der Waals surface area contributed by atoms with E-state index in [1.54, 1.807) is 23.4 Å². The molecule has 1 aromatic heterocycles. The standard InChI is InChI=1S/C14H23N3O2/c1-4-16-13-6-7-15-10-12(13)14(19)17(11(2)3)8-5-9-18/h6-7,10-11,18H,4-5,8-9H2,1-3H3,(H,15,16). The molecule has 0 spiro atoms. The Kier molecular flexibility index (Phi) is 6.29. The molecule has 0 saturated carbocycles. The van der Waals surface area contributed by atoms with Crippen molar-refractivity contribution in [1.82, 2.24) is 9.88 Å². The van der Waals surface area contributed by atoms with Crippen molar-refractivity contribution < 1.29 is 9.90 Å². The fourth-order valence-corrected chi connectivity index (χ4v) is 1.90. The average Bonchev–Trinajstić information content (AvgIpc) is 2.39. The van der Waals surface area contributed by atoms with Gasteiger partial charge < -0.3 is 15.3 Å². The van der Waals surface area contributed by atoms with Gasteiger partial charge in [0.15, 0.2) is 0 Å². The van der Waals surface area contributed by atoms with Crippen LogP contribution in [0.4, 0.5) is 5.69 Å². The molecule has 0 aliphatic rings. The van der Waals surface area contributed by atoms with Gasteiger partial charge in [0.25, 0.3) is 5.91 Å². The second-order valence-electron chi connectivity index (χ2n) is 4.62. The minimum atomic E-state index is -0.0486. The van der Waals surface area contributed by atoms with Crippen molar-refractivity contribution in [2.75, 3.05) is 25.0 Å². The van der Waals surface area contributed by atoms with Crippen molar-refractivity contribution in [2.24, 2.45) is 0 Å². The highest BCUT2D eigenvalue weighted by molar-refractivity contribution is 5.99. The lowest BCUT2D eigenvalue weighted by atomic mass is 10.1. The second kappa shape index (κ2) is 7.74. The zero-order valence-corrected chi connectivity index (χ0v) is 11.9. The predicted molar refractivity (Wildman–Crippen MR) is 76.3 cm³/mol. The number of carbonyl (C=O) groups excluding carboxylic acids is 1. The largest absolute Gasteiger partial charge is 0.396 e. The molecule has 5 heteroatoms. The topological polar surface area (TPSA) is 65.5 Å². The Morgan fingerprint density at radius 1 is 1.53 bits per heavy atom. The Balaban J connectivity index is 2.95. The zero-order valence-electron chi connectivity index (χ0n) is 11.9. The highest BCUT2D eigenvalue weighted by Crippen LogP contribution is 2.17. The number of nitrogens with zero attached hydrogens (tertiary/aromatic N) is 2. The van der Waals surface area contributed by atoms with Crippen molar-refractivity contribution in [3.8, 4) is 0 Å². The summed E-state index contributed by atoms with van der Waals surface area (Å²) in [6.07, 6.45) is 3.84. The number of carbonyl (C=O) groups is 1. The van der Waals surface area contributed by atoms with E-state index in [1.807, 2.05) is 20.8 Å². The monoisotopic (exact) mass is 265 g/mol. The van der Waals surface area contributed by atoms with Crippen LogP contribution in [0.2, 0.25) is 0 Å². The molecule has 2 N–H and O–H groups in total. The summed E-state index contributed by atoms with van der Waals surface area (Å²) in [5.41, 5.74) is 1.38. The molecule has 5 nitrogen and oxygen atoms in total. The molecule has 1 rings (SSSR count). The maximum absolute atomic E-state index is 12.6. The number of hydrogen-bond acceptors (Lipinski definition) is 4. The van der Waals surface area contributed by atoms with E-state index < -0.39 is 0 Å². The fourth-order valence-electron chi connectivity index (χ4n) is 1.90. The number of rotatable bonds is 7. The van der Waals surface area contributed by atoms with Crippen LogP contribution in [-0.4, -0.2) is 46.6 Å². The summed E-state index contributed by atoms with van der Waals surface area (Å²) < 4.78 is 0. The molecule has 0 aliphatic carbocycles. The van der Waals surface area contributed by atoms with Gasteiger partial charge in [0, 0.05) is 38.1 Å². The number of aliphatic hydroxyl groups is 1. The number of anilines is 1. The van der Waals surface area contributed by atoms with Crippen LogP contribution in [0.25, 0.3) is 0 Å². The van der Waals surface area contributed by atoms with E-state index >= 15 is 0 Å². The van der Waals surface area contributed by atoms with E-state index in [1.165, 1.54) is 0 Å². The van der Waals surface area contributed by atoms with Gasteiger partial charge in [-0.2, -0.15) is 0 Å². The van der Waals surface area contributed by atoms with E-state index in [-0.39, 0.29) is 18.6 Å². The molecule has 106 valence electrons. The van der Waals surface area contributed by atoms with E-state index in [2.05, 4.69) is 10.3 Å². The molecule has 0 aromatic carbocycles. The van der Waals surface area contributed by atoms with E-state index in [0.717, 1.165) is 12.2 Å². The molecule has 1 aromatic rings. The first kappa shape index (κ1) is 15.4. The van der Waals surface area contributed by atoms with Gasteiger partial charge in [-0.1, -0.05) is 0 Å². The summed E-state index contributed by atoms with van der Waals surface area (Å²) in [6.45, 7) is 7.32. The Bertz CT molecular complexity index is 407. The van der Waals surface area contributed by atoms with Gasteiger partial charge in [0.2, 0.25) is 0 Å². The Hall–Kier alpha value is -1.62. The van der Waals surface area contributed by atoms with Crippen molar-refractivity contribution in [1.29, 1.82) is 0 Å². The van der Waals surface area contributed by atoms with Gasteiger partial charge in [-0.05, 0) is 33.3 Å². The Morgan fingerprint density at radius 2 is 2.26 bits per heavy atom. The van der Waals surface area contributed by atoms with E-state index in [0.29, 0.717) is 18.5 Å². The molecular formula is C14H23N3O2. The molecule has 0 atom stereocenters. The predicted octanol–water partition coefficient (Wildman–Crippen LogP) is 1.75. The molecule has 1 heterocycles. The van der Waals surface area contributed by atoms with Crippen LogP contribution < -0.4 is 5.32 Å². The molecule has 0 aliphatic heterocycles. The van der Waals surface area contributed by atoms with Gasteiger partial charge in [0.05, 0.1) is 11.3 Å². The van der Waals surface area contributed by atoms with Crippen LogP contribution in [0.3, 0.4) is 0 Å². The highest BCUT2D eigenvalue weighted by atomic mass is 16.3. The Labute approximate surface area is 114 Å². The Morgan fingerprint density at radius 3 is 2.84 bits per heavy atom. The molecular weight excluding hydrogens is 242 g/mol. The first-order chi connectivity index (χ1) is 9.11. The van der Waals surface area contributed by atoms with Crippen molar-refractivity contribution in [3.05, 3.63) is 24.0 Å². The van der Waals surface area contributed by atoms with Crippen LogP contribution in [0.15, 0.2) is 18.5 Å². The summed E-state index contributed by atoms with van der Waals surface area (Å²) in [7, 11) is 0. The first-order valence-electron chi connectivity index (χ1n) is 6.71. The second-order valence-corrected chi connectivity index (χ2v) is 4.62. The minimum absolute atomic E-state index is 0.0486. The van der Waals surface area contributed by atoms with Crippen LogP contribution in [0, 0.1) is 0 Å². The third-order valence-electron chi connectivity index (χ3n) is 2.86. The third kappa shape index (κ3) is 4.21. The highest BCUT2D eigenvalue weighted by Gasteiger charge is 2.20. The molecule has 0 radical (unpaired) electrons. The van der Waals surface area contributed by atoms with Gasteiger partial charge in [-0.25, -0.2) is 0 Å². The molecule has 0 unspecified atom stereocenters. The van der Waals surface area contributed by atoms with Crippen LogP contribution >= 0.6 is 0 Å². The van der Waals surface area contributed by atoms with Crippen LogP contribution in [-0.2, 0) is 0 Å². The molecule has 0 bridgehead atoms. The summed E-state index contributed by atoms with van der Waals surface area (Å²) in [5, 5.41) is 12.1.